The Morgan fingerprint density at radius 3 is 2.63 bits per heavy atom. The van der Waals surface area contributed by atoms with Gasteiger partial charge in [-0.25, -0.2) is 8.42 Å². The van der Waals surface area contributed by atoms with E-state index >= 15 is 0 Å². The monoisotopic (exact) mass is 308 g/mol. The molecule has 0 saturated carbocycles. The van der Waals surface area contributed by atoms with Crippen LogP contribution in [0.15, 0.2) is 0 Å². The Balaban J connectivity index is 2.58. The van der Waals surface area contributed by atoms with E-state index in [9.17, 15) is 8.42 Å². The molecule has 1 rings (SSSR count). The Labute approximate surface area is 122 Å². The average Bonchev–Trinajstić information content (AvgIpc) is 2.37. The summed E-state index contributed by atoms with van der Waals surface area (Å²) in [5.74, 6) is 2.48. The van der Waals surface area contributed by atoms with Crippen LogP contribution in [0.4, 0.5) is 0 Å². The van der Waals surface area contributed by atoms with Crippen molar-refractivity contribution in [3.8, 4) is 0 Å². The highest BCUT2D eigenvalue weighted by Gasteiger charge is 2.33. The van der Waals surface area contributed by atoms with Crippen molar-refractivity contribution < 1.29 is 8.42 Å². The summed E-state index contributed by atoms with van der Waals surface area (Å²) in [5, 5.41) is 3.14. The van der Waals surface area contributed by atoms with Crippen molar-refractivity contribution in [2.24, 2.45) is 5.92 Å². The van der Waals surface area contributed by atoms with Crippen LogP contribution in [0, 0.1) is 5.92 Å². The van der Waals surface area contributed by atoms with Gasteiger partial charge in [0.05, 0.1) is 0 Å². The molecule has 0 aromatic heterocycles. The number of nitrogens with zero attached hydrogens (tertiary/aromatic N) is 1. The fourth-order valence-corrected chi connectivity index (χ4v) is 5.34. The van der Waals surface area contributed by atoms with Gasteiger partial charge in [0.2, 0.25) is 0 Å². The number of hydrogen-bond donors (Lipinski definition) is 1. The Bertz CT molecular complexity index is 358. The predicted octanol–water partition coefficient (Wildman–Crippen LogP) is 1.43. The molecule has 1 aliphatic rings. The molecule has 0 bridgehead atoms. The Hall–Kier alpha value is 0.220. The molecule has 2 unspecified atom stereocenters. The molecule has 1 saturated heterocycles. The van der Waals surface area contributed by atoms with E-state index in [1.165, 1.54) is 0 Å². The minimum absolute atomic E-state index is 0.243. The fraction of sp³-hybridized carbons (Fsp3) is 1.00. The molecule has 19 heavy (non-hydrogen) atoms. The topological polar surface area (TPSA) is 49.4 Å². The van der Waals surface area contributed by atoms with Crippen LogP contribution < -0.4 is 5.32 Å². The summed E-state index contributed by atoms with van der Waals surface area (Å²) in [4.78, 5) is 2.17. The van der Waals surface area contributed by atoms with Gasteiger partial charge in [-0.15, -0.1) is 0 Å². The first-order chi connectivity index (χ1) is 8.86. The highest BCUT2D eigenvalue weighted by molar-refractivity contribution is 8.01. The van der Waals surface area contributed by atoms with Crippen molar-refractivity contribution >= 4 is 21.6 Å². The number of nitrogens with one attached hydrogen (secondary N) is 1. The van der Waals surface area contributed by atoms with Crippen LogP contribution in [-0.2, 0) is 9.84 Å². The van der Waals surface area contributed by atoms with Gasteiger partial charge in [-0.1, -0.05) is 27.7 Å². The molecule has 0 radical (unpaired) electrons. The van der Waals surface area contributed by atoms with Crippen LogP contribution in [0.3, 0.4) is 0 Å². The maximum absolute atomic E-state index is 12.1. The third kappa shape index (κ3) is 5.61. The Kier molecular flexibility index (Phi) is 7.14. The smallest absolute Gasteiger partial charge is 0.166 e. The van der Waals surface area contributed by atoms with Gasteiger partial charge in [-0.05, 0) is 12.5 Å². The number of hydrogen-bond acceptors (Lipinski definition) is 5. The zero-order valence-corrected chi connectivity index (χ0v) is 14.2. The highest BCUT2D eigenvalue weighted by Crippen LogP contribution is 2.22. The van der Waals surface area contributed by atoms with Crippen molar-refractivity contribution in [2.45, 2.75) is 39.1 Å². The van der Waals surface area contributed by atoms with Crippen LogP contribution in [0.25, 0.3) is 0 Å². The molecule has 6 heteroatoms. The van der Waals surface area contributed by atoms with Crippen LogP contribution in [0.2, 0.25) is 0 Å². The highest BCUT2D eigenvalue weighted by atomic mass is 32.2. The predicted molar refractivity (Wildman–Crippen MR) is 84.4 cm³/mol. The normalized spacial score (nSPS) is 23.7. The number of thioether (sulfide) groups is 1. The lowest BCUT2D eigenvalue weighted by atomic mass is 10.1. The van der Waals surface area contributed by atoms with E-state index < -0.39 is 9.84 Å². The molecule has 0 spiro atoms. The summed E-state index contributed by atoms with van der Waals surface area (Å²) in [6.45, 7) is 10.9. The van der Waals surface area contributed by atoms with E-state index in [4.69, 9.17) is 0 Å². The molecule has 0 aliphatic carbocycles. The van der Waals surface area contributed by atoms with Gasteiger partial charge in [0.15, 0.2) is 9.84 Å². The molecule has 0 amide bonds. The van der Waals surface area contributed by atoms with E-state index in [1.807, 2.05) is 0 Å². The first-order valence-electron chi connectivity index (χ1n) is 7.13. The second-order valence-electron chi connectivity index (χ2n) is 5.64. The maximum Gasteiger partial charge on any atom is 0.166 e. The molecule has 2 atom stereocenters. The lowest BCUT2D eigenvalue weighted by Gasteiger charge is -2.36. The van der Waals surface area contributed by atoms with E-state index in [0.717, 1.165) is 31.1 Å². The molecule has 0 aromatic carbocycles. The van der Waals surface area contributed by atoms with Crippen molar-refractivity contribution in [3.63, 3.8) is 0 Å². The van der Waals surface area contributed by atoms with Gasteiger partial charge < -0.3 is 5.32 Å². The zero-order valence-electron chi connectivity index (χ0n) is 12.6. The summed E-state index contributed by atoms with van der Waals surface area (Å²) in [6, 6.07) is 0.481. The van der Waals surface area contributed by atoms with Crippen LogP contribution in [-0.4, -0.2) is 61.6 Å². The van der Waals surface area contributed by atoms with E-state index in [1.54, 1.807) is 18.7 Å². The van der Waals surface area contributed by atoms with Gasteiger partial charge in [0.1, 0.15) is 5.37 Å². The molecule has 1 fully saturated rings. The Morgan fingerprint density at radius 1 is 1.37 bits per heavy atom. The van der Waals surface area contributed by atoms with E-state index in [2.05, 4.69) is 31.0 Å². The van der Waals surface area contributed by atoms with Gasteiger partial charge in [0, 0.05) is 36.4 Å². The molecular weight excluding hydrogens is 280 g/mol. The summed E-state index contributed by atoms with van der Waals surface area (Å²) in [6.07, 6.45) is 0. The molecule has 1 aliphatic heterocycles. The molecule has 1 heterocycles. The number of sulfone groups is 1. The third-order valence-corrected chi connectivity index (χ3v) is 6.76. The first-order valence-corrected chi connectivity index (χ1v) is 10.0. The lowest BCUT2D eigenvalue weighted by molar-refractivity contribution is 0.229. The molecular formula is C13H28N2O2S2. The van der Waals surface area contributed by atoms with Crippen LogP contribution in [0.1, 0.15) is 27.7 Å². The largest absolute Gasteiger partial charge is 0.314 e. The molecule has 4 nitrogen and oxygen atoms in total. The van der Waals surface area contributed by atoms with Gasteiger partial charge in [-0.2, -0.15) is 11.8 Å². The van der Waals surface area contributed by atoms with E-state index in [-0.39, 0.29) is 11.1 Å². The summed E-state index contributed by atoms with van der Waals surface area (Å²) in [7, 11) is -2.96. The quantitative estimate of drug-likeness (QED) is 0.771. The molecule has 0 aromatic rings. The van der Waals surface area contributed by atoms with Gasteiger partial charge in [0.25, 0.3) is 0 Å². The second-order valence-corrected chi connectivity index (χ2v) is 9.24. The van der Waals surface area contributed by atoms with Crippen molar-refractivity contribution in [1.82, 2.24) is 10.2 Å². The van der Waals surface area contributed by atoms with Crippen molar-refractivity contribution in [3.05, 3.63) is 0 Å². The second kappa shape index (κ2) is 7.86. The van der Waals surface area contributed by atoms with Crippen molar-refractivity contribution in [1.29, 1.82) is 0 Å². The SMILES string of the molecule is CCS(=O)(=O)C1CSCCN1CC(C)CNC(C)C. The van der Waals surface area contributed by atoms with Crippen molar-refractivity contribution in [2.75, 3.05) is 36.9 Å². The zero-order chi connectivity index (χ0) is 14.5. The first kappa shape index (κ1) is 17.3. The van der Waals surface area contributed by atoms with Gasteiger partial charge in [-0.3, -0.25) is 4.90 Å². The minimum Gasteiger partial charge on any atom is -0.314 e. The average molecular weight is 309 g/mol. The minimum atomic E-state index is -2.96. The van der Waals surface area contributed by atoms with Crippen LogP contribution in [0.5, 0.6) is 0 Å². The summed E-state index contributed by atoms with van der Waals surface area (Å²) >= 11 is 1.76. The molecule has 1 N–H and O–H groups in total. The number of rotatable bonds is 7. The lowest BCUT2D eigenvalue weighted by Crippen LogP contribution is -2.50. The standard InChI is InChI=1S/C13H28N2O2S2/c1-5-19(16,17)13-10-18-7-6-15(13)9-12(4)8-14-11(2)3/h11-14H,5-10H2,1-4H3. The Morgan fingerprint density at radius 2 is 2.05 bits per heavy atom. The molecule has 114 valence electrons. The fourth-order valence-electron chi connectivity index (χ4n) is 2.25. The summed E-state index contributed by atoms with van der Waals surface area (Å²) in [5.41, 5.74) is 0. The van der Waals surface area contributed by atoms with E-state index in [0.29, 0.717) is 12.0 Å². The summed E-state index contributed by atoms with van der Waals surface area (Å²) < 4.78 is 24.3. The van der Waals surface area contributed by atoms with Crippen LogP contribution >= 0.6 is 11.8 Å². The maximum atomic E-state index is 12.1. The van der Waals surface area contributed by atoms with Gasteiger partial charge >= 0.3 is 0 Å². The third-order valence-electron chi connectivity index (χ3n) is 3.43.